The Morgan fingerprint density at radius 1 is 1.05 bits per heavy atom. The molecular weight excluding hydrogens is 255 g/mol. The molecule has 2 aromatic carbocycles. The normalized spacial score (nSPS) is 15.8. The monoisotopic (exact) mass is 270 g/mol. The fraction of sp³-hybridized carbons (Fsp3) is 0.235. The minimum Gasteiger partial charge on any atom is -0.481 e. The van der Waals surface area contributed by atoms with E-state index in [4.69, 9.17) is 0 Å². The zero-order valence-corrected chi connectivity index (χ0v) is 11.0. The van der Waals surface area contributed by atoms with Crippen molar-refractivity contribution in [3.8, 4) is 0 Å². The summed E-state index contributed by atoms with van der Waals surface area (Å²) in [5, 5.41) is 9.67. The number of rotatable bonds is 3. The predicted molar refractivity (Wildman–Crippen MR) is 74.0 cm³/mol. The highest BCUT2D eigenvalue weighted by atomic mass is 19.1. The van der Waals surface area contributed by atoms with E-state index in [1.54, 1.807) is 18.2 Å². The van der Waals surface area contributed by atoms with Crippen LogP contribution in [-0.4, -0.2) is 11.1 Å². The fourth-order valence-electron chi connectivity index (χ4n) is 3.05. The number of aliphatic carboxylic acids is 1. The lowest BCUT2D eigenvalue weighted by Gasteiger charge is -2.24. The van der Waals surface area contributed by atoms with Crippen molar-refractivity contribution in [2.45, 2.75) is 19.3 Å². The van der Waals surface area contributed by atoms with Crippen molar-refractivity contribution >= 4 is 5.97 Å². The third-order valence-electron chi connectivity index (χ3n) is 4.12. The SMILES string of the molecule is O=C(O)C1(Cc2ccccc2F)Cc2ccccc2C1. The third-order valence-corrected chi connectivity index (χ3v) is 4.12. The Bertz CT molecular complexity index is 639. The molecule has 0 radical (unpaired) electrons. The second-order valence-electron chi connectivity index (χ2n) is 5.48. The molecule has 0 aromatic heterocycles. The van der Waals surface area contributed by atoms with Gasteiger partial charge in [-0.2, -0.15) is 0 Å². The molecule has 1 N–H and O–H groups in total. The van der Waals surface area contributed by atoms with Crippen LogP contribution in [0.1, 0.15) is 16.7 Å². The number of hydrogen-bond acceptors (Lipinski definition) is 1. The predicted octanol–water partition coefficient (Wildman–Crippen LogP) is 3.24. The quantitative estimate of drug-likeness (QED) is 0.929. The largest absolute Gasteiger partial charge is 0.481 e. The number of carboxylic acids is 1. The first-order valence-corrected chi connectivity index (χ1v) is 6.64. The number of halogens is 1. The van der Waals surface area contributed by atoms with E-state index in [1.807, 2.05) is 24.3 Å². The van der Waals surface area contributed by atoms with Crippen LogP contribution in [0.4, 0.5) is 4.39 Å². The highest BCUT2D eigenvalue weighted by Gasteiger charge is 2.44. The molecule has 0 aliphatic heterocycles. The molecule has 3 rings (SSSR count). The van der Waals surface area contributed by atoms with E-state index < -0.39 is 11.4 Å². The topological polar surface area (TPSA) is 37.3 Å². The van der Waals surface area contributed by atoms with Gasteiger partial charge in [-0.1, -0.05) is 42.5 Å². The lowest BCUT2D eigenvalue weighted by Crippen LogP contribution is -2.34. The van der Waals surface area contributed by atoms with Gasteiger partial charge in [-0.3, -0.25) is 4.79 Å². The number of carboxylic acid groups (broad SMARTS) is 1. The molecule has 0 fully saturated rings. The minimum atomic E-state index is -0.925. The molecule has 0 atom stereocenters. The molecule has 1 aliphatic carbocycles. The highest BCUT2D eigenvalue weighted by molar-refractivity contribution is 5.77. The average Bonchev–Trinajstić information content (AvgIpc) is 2.81. The van der Waals surface area contributed by atoms with Crippen molar-refractivity contribution in [2.24, 2.45) is 5.41 Å². The Balaban J connectivity index is 1.96. The lowest BCUT2D eigenvalue weighted by atomic mass is 9.79. The van der Waals surface area contributed by atoms with Gasteiger partial charge < -0.3 is 5.11 Å². The first kappa shape index (κ1) is 12.9. The van der Waals surface area contributed by atoms with Crippen LogP contribution in [0.25, 0.3) is 0 Å². The average molecular weight is 270 g/mol. The van der Waals surface area contributed by atoms with Crippen molar-refractivity contribution in [3.63, 3.8) is 0 Å². The summed E-state index contributed by atoms with van der Waals surface area (Å²) >= 11 is 0. The standard InChI is InChI=1S/C17H15FO2/c18-15-8-4-3-7-14(15)11-17(16(19)20)9-12-5-1-2-6-13(12)10-17/h1-8H,9-11H2,(H,19,20). The Labute approximate surface area is 116 Å². The molecule has 0 amide bonds. The highest BCUT2D eigenvalue weighted by Crippen LogP contribution is 2.40. The van der Waals surface area contributed by atoms with Crippen molar-refractivity contribution < 1.29 is 14.3 Å². The van der Waals surface area contributed by atoms with Crippen molar-refractivity contribution in [1.82, 2.24) is 0 Å². The van der Waals surface area contributed by atoms with Gasteiger partial charge >= 0.3 is 5.97 Å². The number of benzene rings is 2. The molecule has 0 unspecified atom stereocenters. The lowest BCUT2D eigenvalue weighted by molar-refractivity contribution is -0.148. The second-order valence-corrected chi connectivity index (χ2v) is 5.48. The van der Waals surface area contributed by atoms with Crippen molar-refractivity contribution in [3.05, 3.63) is 71.0 Å². The van der Waals surface area contributed by atoms with Crippen LogP contribution >= 0.6 is 0 Å². The maximum Gasteiger partial charge on any atom is 0.310 e. The smallest absolute Gasteiger partial charge is 0.310 e. The van der Waals surface area contributed by atoms with Gasteiger partial charge in [0.25, 0.3) is 0 Å². The Kier molecular flexibility index (Phi) is 3.05. The molecule has 0 heterocycles. The summed E-state index contributed by atoms with van der Waals surface area (Å²) in [6, 6.07) is 14.2. The van der Waals surface area contributed by atoms with E-state index >= 15 is 0 Å². The summed E-state index contributed by atoms with van der Waals surface area (Å²) in [6.45, 7) is 0. The van der Waals surface area contributed by atoms with Gasteiger partial charge in [0.1, 0.15) is 5.82 Å². The van der Waals surface area contributed by atoms with Gasteiger partial charge in [-0.15, -0.1) is 0 Å². The molecule has 0 saturated carbocycles. The molecule has 0 saturated heterocycles. The summed E-state index contributed by atoms with van der Waals surface area (Å²) in [6.07, 6.45) is 1.16. The first-order valence-electron chi connectivity index (χ1n) is 6.64. The molecule has 20 heavy (non-hydrogen) atoms. The van der Waals surface area contributed by atoms with Crippen LogP contribution in [0.15, 0.2) is 48.5 Å². The fourth-order valence-corrected chi connectivity index (χ4v) is 3.05. The Hall–Kier alpha value is -2.16. The van der Waals surface area contributed by atoms with Crippen LogP contribution in [0, 0.1) is 11.2 Å². The summed E-state index contributed by atoms with van der Waals surface area (Å²) in [4.78, 5) is 11.8. The molecule has 0 bridgehead atoms. The first-order chi connectivity index (χ1) is 9.61. The van der Waals surface area contributed by atoms with Crippen LogP contribution < -0.4 is 0 Å². The number of fused-ring (bicyclic) bond motifs is 1. The zero-order chi connectivity index (χ0) is 14.2. The number of carbonyl (C=O) groups is 1. The van der Waals surface area contributed by atoms with Gasteiger partial charge in [0.2, 0.25) is 0 Å². The van der Waals surface area contributed by atoms with E-state index in [1.165, 1.54) is 6.07 Å². The molecule has 0 spiro atoms. The molecular formula is C17H15FO2. The minimum absolute atomic E-state index is 0.226. The van der Waals surface area contributed by atoms with E-state index in [-0.39, 0.29) is 12.2 Å². The zero-order valence-electron chi connectivity index (χ0n) is 11.0. The summed E-state index contributed by atoms with van der Waals surface area (Å²) in [5.41, 5.74) is 1.67. The van der Waals surface area contributed by atoms with Gasteiger partial charge in [-0.25, -0.2) is 4.39 Å². The Morgan fingerprint density at radius 3 is 2.15 bits per heavy atom. The van der Waals surface area contributed by atoms with Crippen molar-refractivity contribution in [2.75, 3.05) is 0 Å². The molecule has 102 valence electrons. The van der Waals surface area contributed by atoms with Gasteiger partial charge in [-0.05, 0) is 42.0 Å². The van der Waals surface area contributed by atoms with Gasteiger partial charge in [0, 0.05) is 0 Å². The van der Waals surface area contributed by atoms with Crippen molar-refractivity contribution in [1.29, 1.82) is 0 Å². The number of hydrogen-bond donors (Lipinski definition) is 1. The van der Waals surface area contributed by atoms with Gasteiger partial charge in [0.15, 0.2) is 0 Å². The molecule has 1 aliphatic rings. The van der Waals surface area contributed by atoms with Crippen LogP contribution in [-0.2, 0) is 24.1 Å². The van der Waals surface area contributed by atoms with Crippen LogP contribution in [0.5, 0.6) is 0 Å². The maximum atomic E-state index is 13.8. The van der Waals surface area contributed by atoms with Gasteiger partial charge in [0.05, 0.1) is 5.41 Å². The summed E-state index contributed by atoms with van der Waals surface area (Å²) in [7, 11) is 0. The van der Waals surface area contributed by atoms with E-state index in [0.717, 1.165) is 11.1 Å². The Morgan fingerprint density at radius 2 is 1.60 bits per heavy atom. The third kappa shape index (κ3) is 2.09. The summed E-state index contributed by atoms with van der Waals surface area (Å²) in [5.74, 6) is -1.18. The summed E-state index contributed by atoms with van der Waals surface area (Å²) < 4.78 is 13.8. The van der Waals surface area contributed by atoms with Crippen LogP contribution in [0.2, 0.25) is 0 Å². The maximum absolute atomic E-state index is 13.8. The second kappa shape index (κ2) is 4.75. The van der Waals surface area contributed by atoms with Crippen LogP contribution in [0.3, 0.4) is 0 Å². The molecule has 3 heteroatoms. The van der Waals surface area contributed by atoms with E-state index in [9.17, 15) is 14.3 Å². The van der Waals surface area contributed by atoms with E-state index in [0.29, 0.717) is 18.4 Å². The molecule has 2 aromatic rings. The molecule has 2 nitrogen and oxygen atoms in total. The van der Waals surface area contributed by atoms with E-state index in [2.05, 4.69) is 0 Å².